The summed E-state index contributed by atoms with van der Waals surface area (Å²) in [4.78, 5) is 12.4. The van der Waals surface area contributed by atoms with Crippen molar-refractivity contribution in [2.24, 2.45) is 11.8 Å². The lowest BCUT2D eigenvalue weighted by molar-refractivity contribution is -0.0512. The fraction of sp³-hybridized carbons (Fsp3) is 0.588. The molecule has 23 heavy (non-hydrogen) atoms. The summed E-state index contributed by atoms with van der Waals surface area (Å²) in [6, 6.07) is 4.35. The van der Waals surface area contributed by atoms with E-state index in [0.29, 0.717) is 17.4 Å². The van der Waals surface area contributed by atoms with Crippen molar-refractivity contribution in [2.75, 3.05) is 7.11 Å². The SMILES string of the molecule is COc1cc(C(=O)N[C@@H]2CCC[C@H](C)[C@H]2C)ccc1OC(F)F. The second-order valence-corrected chi connectivity index (χ2v) is 6.09. The zero-order valence-corrected chi connectivity index (χ0v) is 13.6. The maximum atomic E-state index is 12.4. The minimum absolute atomic E-state index is 0.0845. The third-order valence-electron chi connectivity index (χ3n) is 4.67. The number of carbonyl (C=O) groups is 1. The van der Waals surface area contributed by atoms with Gasteiger partial charge in [0.1, 0.15) is 0 Å². The summed E-state index contributed by atoms with van der Waals surface area (Å²) in [5.74, 6) is 0.793. The van der Waals surface area contributed by atoms with Gasteiger partial charge in [-0.1, -0.05) is 26.7 Å². The molecular weight excluding hydrogens is 304 g/mol. The number of methoxy groups -OCH3 is 1. The lowest BCUT2D eigenvalue weighted by Gasteiger charge is -2.34. The van der Waals surface area contributed by atoms with Crippen LogP contribution in [-0.4, -0.2) is 25.7 Å². The fourth-order valence-corrected chi connectivity index (χ4v) is 3.04. The number of alkyl halides is 2. The van der Waals surface area contributed by atoms with E-state index in [9.17, 15) is 13.6 Å². The molecule has 0 saturated heterocycles. The van der Waals surface area contributed by atoms with E-state index in [1.54, 1.807) is 0 Å². The van der Waals surface area contributed by atoms with E-state index in [-0.39, 0.29) is 23.4 Å². The molecule has 1 saturated carbocycles. The zero-order chi connectivity index (χ0) is 17.0. The van der Waals surface area contributed by atoms with Crippen LogP contribution in [0.5, 0.6) is 11.5 Å². The average Bonchev–Trinajstić information content (AvgIpc) is 2.51. The first-order chi connectivity index (χ1) is 10.9. The summed E-state index contributed by atoms with van der Waals surface area (Å²) < 4.78 is 34.0. The molecule has 0 heterocycles. The molecule has 0 aliphatic heterocycles. The number of benzene rings is 1. The van der Waals surface area contributed by atoms with Crippen molar-refractivity contribution >= 4 is 5.91 Å². The summed E-state index contributed by atoms with van der Waals surface area (Å²) in [6.07, 6.45) is 3.24. The predicted octanol–water partition coefficient (Wildman–Crippen LogP) is 3.85. The molecule has 2 rings (SSSR count). The van der Waals surface area contributed by atoms with Gasteiger partial charge in [-0.05, 0) is 36.5 Å². The Morgan fingerprint density at radius 3 is 2.65 bits per heavy atom. The van der Waals surface area contributed by atoms with E-state index in [1.165, 1.54) is 31.7 Å². The quantitative estimate of drug-likeness (QED) is 0.893. The number of carbonyl (C=O) groups excluding carboxylic acids is 1. The lowest BCUT2D eigenvalue weighted by atomic mass is 9.78. The van der Waals surface area contributed by atoms with Crippen LogP contribution in [0, 0.1) is 11.8 Å². The molecule has 4 nitrogen and oxygen atoms in total. The highest BCUT2D eigenvalue weighted by Gasteiger charge is 2.28. The Balaban J connectivity index is 2.10. The van der Waals surface area contributed by atoms with Crippen molar-refractivity contribution < 1.29 is 23.0 Å². The monoisotopic (exact) mass is 327 g/mol. The standard InChI is InChI=1S/C17H23F2NO3/c1-10-5-4-6-13(11(10)2)20-16(21)12-7-8-14(23-17(18)19)15(9-12)22-3/h7-11,13,17H,4-6H2,1-3H3,(H,20,21)/t10-,11+,13+/m0/s1. The maximum absolute atomic E-state index is 12.4. The predicted molar refractivity (Wildman–Crippen MR) is 83.1 cm³/mol. The van der Waals surface area contributed by atoms with Crippen LogP contribution in [0.1, 0.15) is 43.5 Å². The van der Waals surface area contributed by atoms with Crippen LogP contribution in [0.4, 0.5) is 8.78 Å². The Kier molecular flexibility index (Phi) is 5.80. The minimum atomic E-state index is -2.94. The van der Waals surface area contributed by atoms with Crippen molar-refractivity contribution in [1.29, 1.82) is 0 Å². The van der Waals surface area contributed by atoms with Gasteiger partial charge in [-0.2, -0.15) is 8.78 Å². The van der Waals surface area contributed by atoms with Crippen molar-refractivity contribution in [3.63, 3.8) is 0 Å². The molecule has 6 heteroatoms. The van der Waals surface area contributed by atoms with Crippen molar-refractivity contribution in [3.8, 4) is 11.5 Å². The molecule has 1 fully saturated rings. The molecular formula is C17H23F2NO3. The summed E-state index contributed by atoms with van der Waals surface area (Å²) in [5.41, 5.74) is 0.369. The van der Waals surface area contributed by atoms with Crippen LogP contribution in [0.3, 0.4) is 0 Å². The van der Waals surface area contributed by atoms with Gasteiger partial charge in [-0.3, -0.25) is 4.79 Å². The highest BCUT2D eigenvalue weighted by molar-refractivity contribution is 5.95. The van der Waals surface area contributed by atoms with Crippen molar-refractivity contribution in [2.45, 2.75) is 45.8 Å². The highest BCUT2D eigenvalue weighted by Crippen LogP contribution is 2.31. The highest BCUT2D eigenvalue weighted by atomic mass is 19.3. The molecule has 0 unspecified atom stereocenters. The number of ether oxygens (including phenoxy) is 2. The summed E-state index contributed by atoms with van der Waals surface area (Å²) in [5, 5.41) is 3.04. The van der Waals surface area contributed by atoms with E-state index in [1.807, 2.05) is 0 Å². The summed E-state index contributed by atoms with van der Waals surface area (Å²) in [7, 11) is 1.35. The number of halogens is 2. The van der Waals surface area contributed by atoms with E-state index < -0.39 is 6.61 Å². The van der Waals surface area contributed by atoms with Crippen LogP contribution >= 0.6 is 0 Å². The van der Waals surface area contributed by atoms with Gasteiger partial charge < -0.3 is 14.8 Å². The molecule has 1 N–H and O–H groups in total. The molecule has 0 radical (unpaired) electrons. The number of hydrogen-bond acceptors (Lipinski definition) is 3. The van der Waals surface area contributed by atoms with Crippen LogP contribution in [0.2, 0.25) is 0 Å². The third kappa shape index (κ3) is 4.33. The summed E-state index contributed by atoms with van der Waals surface area (Å²) >= 11 is 0. The first kappa shape index (κ1) is 17.5. The van der Waals surface area contributed by atoms with Crippen molar-refractivity contribution in [3.05, 3.63) is 23.8 Å². The number of nitrogens with one attached hydrogen (secondary N) is 1. The molecule has 128 valence electrons. The van der Waals surface area contributed by atoms with Crippen molar-refractivity contribution in [1.82, 2.24) is 5.32 Å². The third-order valence-corrected chi connectivity index (χ3v) is 4.67. The second-order valence-electron chi connectivity index (χ2n) is 6.09. The van der Waals surface area contributed by atoms with E-state index in [2.05, 4.69) is 23.9 Å². The van der Waals surface area contributed by atoms with Gasteiger partial charge in [0.2, 0.25) is 0 Å². The Morgan fingerprint density at radius 1 is 1.26 bits per heavy atom. The number of hydrogen-bond donors (Lipinski definition) is 1. The largest absolute Gasteiger partial charge is 0.493 e. The Bertz CT molecular complexity index is 551. The first-order valence-electron chi connectivity index (χ1n) is 7.86. The molecule has 1 aromatic carbocycles. The Labute approximate surface area is 135 Å². The van der Waals surface area contributed by atoms with Crippen LogP contribution < -0.4 is 14.8 Å². The molecule has 0 bridgehead atoms. The van der Waals surface area contributed by atoms with E-state index in [4.69, 9.17) is 4.74 Å². The van der Waals surface area contributed by atoms with Gasteiger partial charge in [0.05, 0.1) is 7.11 Å². The molecule has 0 spiro atoms. The molecule has 1 aliphatic carbocycles. The fourth-order valence-electron chi connectivity index (χ4n) is 3.04. The van der Waals surface area contributed by atoms with Gasteiger partial charge >= 0.3 is 6.61 Å². The molecule has 1 aromatic rings. The van der Waals surface area contributed by atoms with Crippen LogP contribution in [0.25, 0.3) is 0 Å². The first-order valence-corrected chi connectivity index (χ1v) is 7.86. The zero-order valence-electron chi connectivity index (χ0n) is 13.6. The van der Waals surface area contributed by atoms with Gasteiger partial charge in [0, 0.05) is 11.6 Å². The van der Waals surface area contributed by atoms with Gasteiger partial charge in [0.25, 0.3) is 5.91 Å². The molecule has 1 amide bonds. The minimum Gasteiger partial charge on any atom is -0.493 e. The normalized spacial score (nSPS) is 24.3. The number of amides is 1. The molecule has 1 aliphatic rings. The summed E-state index contributed by atoms with van der Waals surface area (Å²) in [6.45, 7) is 1.41. The lowest BCUT2D eigenvalue weighted by Crippen LogP contribution is -2.43. The average molecular weight is 327 g/mol. The Morgan fingerprint density at radius 2 is 2.00 bits per heavy atom. The number of rotatable bonds is 5. The van der Waals surface area contributed by atoms with E-state index >= 15 is 0 Å². The smallest absolute Gasteiger partial charge is 0.387 e. The molecule has 0 aromatic heterocycles. The van der Waals surface area contributed by atoms with Crippen LogP contribution in [-0.2, 0) is 0 Å². The topological polar surface area (TPSA) is 47.6 Å². The van der Waals surface area contributed by atoms with Gasteiger partial charge in [-0.15, -0.1) is 0 Å². The molecule has 3 atom stereocenters. The van der Waals surface area contributed by atoms with Gasteiger partial charge in [0.15, 0.2) is 11.5 Å². The van der Waals surface area contributed by atoms with E-state index in [0.717, 1.165) is 12.8 Å². The maximum Gasteiger partial charge on any atom is 0.387 e. The Hall–Kier alpha value is -1.85. The second kappa shape index (κ2) is 7.62. The van der Waals surface area contributed by atoms with Gasteiger partial charge in [-0.25, -0.2) is 0 Å². The van der Waals surface area contributed by atoms with Crippen LogP contribution in [0.15, 0.2) is 18.2 Å².